The molecule has 2 nitrogen and oxygen atoms in total. The second kappa shape index (κ2) is 2.62. The maximum Gasteiger partial charge on any atom is 0.127 e. The number of hydrogen-bond acceptors (Lipinski definition) is 2. The third kappa shape index (κ3) is 1.28. The van der Waals surface area contributed by atoms with Crippen molar-refractivity contribution in [3.63, 3.8) is 0 Å². The van der Waals surface area contributed by atoms with Crippen molar-refractivity contribution >= 4 is 10.8 Å². The number of rotatable bonds is 0. The van der Waals surface area contributed by atoms with E-state index in [1.54, 1.807) is 0 Å². The molecule has 0 fully saturated rings. The maximum absolute atomic E-state index is 12.7. The van der Waals surface area contributed by atoms with E-state index in [9.17, 15) is 9.50 Å². The van der Waals surface area contributed by atoms with Crippen molar-refractivity contribution in [3.8, 4) is 11.5 Å². The van der Waals surface area contributed by atoms with E-state index in [1.165, 1.54) is 30.3 Å². The Balaban J connectivity index is 2.87. The van der Waals surface area contributed by atoms with Gasteiger partial charge in [-0.05, 0) is 23.6 Å². The smallest absolute Gasteiger partial charge is 0.127 e. The summed E-state index contributed by atoms with van der Waals surface area (Å²) in [5.74, 6) is -0.556. The third-order valence-electron chi connectivity index (χ3n) is 1.88. The summed E-state index contributed by atoms with van der Waals surface area (Å²) in [6, 6.07) is 6.66. The van der Waals surface area contributed by atoms with Crippen LogP contribution >= 0.6 is 0 Å². The highest BCUT2D eigenvalue weighted by molar-refractivity contribution is 5.89. The Labute approximate surface area is 73.9 Å². The van der Waals surface area contributed by atoms with Crippen LogP contribution < -0.4 is 0 Å². The Kier molecular flexibility index (Phi) is 1.59. The van der Waals surface area contributed by atoms with Crippen LogP contribution in [0.4, 0.5) is 4.39 Å². The van der Waals surface area contributed by atoms with Crippen molar-refractivity contribution in [2.75, 3.05) is 0 Å². The first kappa shape index (κ1) is 7.86. The van der Waals surface area contributed by atoms with Crippen LogP contribution in [0, 0.1) is 5.82 Å². The Morgan fingerprint density at radius 1 is 1.00 bits per heavy atom. The fourth-order valence-corrected chi connectivity index (χ4v) is 1.30. The first-order valence-corrected chi connectivity index (χ1v) is 3.78. The molecular formula is C10H7FO2. The summed E-state index contributed by atoms with van der Waals surface area (Å²) < 4.78 is 12.7. The van der Waals surface area contributed by atoms with E-state index in [2.05, 4.69) is 0 Å². The molecule has 0 radical (unpaired) electrons. The van der Waals surface area contributed by atoms with Gasteiger partial charge >= 0.3 is 0 Å². The molecule has 0 aliphatic heterocycles. The summed E-state index contributed by atoms with van der Waals surface area (Å²) in [7, 11) is 0. The summed E-state index contributed by atoms with van der Waals surface area (Å²) in [4.78, 5) is 0. The van der Waals surface area contributed by atoms with E-state index in [-0.39, 0.29) is 11.5 Å². The van der Waals surface area contributed by atoms with Crippen molar-refractivity contribution in [2.45, 2.75) is 0 Å². The lowest BCUT2D eigenvalue weighted by molar-refractivity contribution is 0.455. The number of benzene rings is 2. The van der Waals surface area contributed by atoms with Gasteiger partial charge in [0.1, 0.15) is 17.3 Å². The largest absolute Gasteiger partial charge is 0.508 e. The third-order valence-corrected chi connectivity index (χ3v) is 1.88. The number of hydrogen-bond donors (Lipinski definition) is 2. The minimum absolute atomic E-state index is 0.0309. The first-order valence-electron chi connectivity index (χ1n) is 3.78. The number of aromatic hydroxyl groups is 2. The fraction of sp³-hybridized carbons (Fsp3) is 0. The maximum atomic E-state index is 12.7. The zero-order valence-electron chi connectivity index (χ0n) is 6.66. The minimum Gasteiger partial charge on any atom is -0.508 e. The van der Waals surface area contributed by atoms with Gasteiger partial charge in [0.2, 0.25) is 0 Å². The Morgan fingerprint density at radius 3 is 2.54 bits per heavy atom. The van der Waals surface area contributed by atoms with Gasteiger partial charge in [-0.25, -0.2) is 4.39 Å². The van der Waals surface area contributed by atoms with Gasteiger partial charge in [-0.1, -0.05) is 6.07 Å². The van der Waals surface area contributed by atoms with Crippen molar-refractivity contribution in [2.24, 2.45) is 0 Å². The minimum atomic E-state index is -0.409. The van der Waals surface area contributed by atoms with Gasteiger partial charge in [0.15, 0.2) is 0 Å². The lowest BCUT2D eigenvalue weighted by Crippen LogP contribution is -1.77. The van der Waals surface area contributed by atoms with Crippen molar-refractivity contribution < 1.29 is 14.6 Å². The van der Waals surface area contributed by atoms with E-state index in [0.29, 0.717) is 10.8 Å². The molecule has 0 atom stereocenters. The summed E-state index contributed by atoms with van der Waals surface area (Å²) in [5, 5.41) is 19.5. The average molecular weight is 178 g/mol. The van der Waals surface area contributed by atoms with Crippen LogP contribution in [-0.4, -0.2) is 10.2 Å². The van der Waals surface area contributed by atoms with Crippen LogP contribution in [0.25, 0.3) is 10.8 Å². The van der Waals surface area contributed by atoms with Gasteiger partial charge in [-0.3, -0.25) is 0 Å². The molecule has 2 aromatic rings. The number of fused-ring (bicyclic) bond motifs is 1. The standard InChI is InChI=1S/C10H7FO2/c11-7-2-1-6-3-8(12)5-10(13)9(6)4-7/h1-5,12-13H. The van der Waals surface area contributed by atoms with E-state index >= 15 is 0 Å². The molecule has 2 rings (SSSR count). The van der Waals surface area contributed by atoms with Crippen LogP contribution in [0.5, 0.6) is 11.5 Å². The van der Waals surface area contributed by atoms with Crippen LogP contribution in [0.2, 0.25) is 0 Å². The topological polar surface area (TPSA) is 40.5 Å². The molecule has 2 aromatic carbocycles. The predicted octanol–water partition coefficient (Wildman–Crippen LogP) is 2.39. The molecule has 0 aliphatic rings. The van der Waals surface area contributed by atoms with Gasteiger partial charge in [0, 0.05) is 11.5 Å². The molecular weight excluding hydrogens is 171 g/mol. The van der Waals surface area contributed by atoms with E-state index in [1.807, 2.05) is 0 Å². The highest BCUT2D eigenvalue weighted by Gasteiger charge is 2.02. The van der Waals surface area contributed by atoms with Gasteiger partial charge in [-0.2, -0.15) is 0 Å². The molecule has 2 N–H and O–H groups in total. The molecule has 0 spiro atoms. The lowest BCUT2D eigenvalue weighted by Gasteiger charge is -2.01. The zero-order valence-corrected chi connectivity index (χ0v) is 6.66. The molecule has 0 saturated carbocycles. The molecule has 0 saturated heterocycles. The predicted molar refractivity (Wildman–Crippen MR) is 47.2 cm³/mol. The summed E-state index contributed by atoms with van der Waals surface area (Å²) >= 11 is 0. The normalized spacial score (nSPS) is 10.5. The van der Waals surface area contributed by atoms with Crippen LogP contribution in [0.1, 0.15) is 0 Å². The number of phenols is 2. The molecule has 3 heteroatoms. The van der Waals surface area contributed by atoms with Crippen LogP contribution in [0.15, 0.2) is 30.3 Å². The first-order chi connectivity index (χ1) is 6.16. The summed E-state index contributed by atoms with van der Waals surface area (Å²) in [6.07, 6.45) is 0. The Hall–Kier alpha value is -1.77. The fourth-order valence-electron chi connectivity index (χ4n) is 1.30. The number of phenolic OH excluding ortho intramolecular Hbond substituents is 2. The van der Waals surface area contributed by atoms with Crippen LogP contribution in [-0.2, 0) is 0 Å². The molecule has 0 unspecified atom stereocenters. The van der Waals surface area contributed by atoms with Gasteiger partial charge in [0.05, 0.1) is 0 Å². The van der Waals surface area contributed by atoms with Crippen LogP contribution in [0.3, 0.4) is 0 Å². The molecule has 0 aliphatic carbocycles. The lowest BCUT2D eigenvalue weighted by atomic mass is 10.1. The second-order valence-electron chi connectivity index (χ2n) is 2.83. The highest BCUT2D eigenvalue weighted by Crippen LogP contribution is 2.29. The molecule has 66 valence electrons. The van der Waals surface area contributed by atoms with E-state index in [4.69, 9.17) is 5.11 Å². The SMILES string of the molecule is Oc1cc(O)c2cc(F)ccc2c1. The van der Waals surface area contributed by atoms with Crippen molar-refractivity contribution in [1.82, 2.24) is 0 Å². The van der Waals surface area contributed by atoms with E-state index in [0.717, 1.165) is 0 Å². The quantitative estimate of drug-likeness (QED) is 0.650. The molecule has 0 amide bonds. The Morgan fingerprint density at radius 2 is 1.77 bits per heavy atom. The van der Waals surface area contributed by atoms with Crippen molar-refractivity contribution in [3.05, 3.63) is 36.1 Å². The monoisotopic (exact) mass is 178 g/mol. The zero-order chi connectivity index (χ0) is 9.42. The number of halogens is 1. The molecule has 0 aromatic heterocycles. The van der Waals surface area contributed by atoms with E-state index < -0.39 is 5.82 Å². The van der Waals surface area contributed by atoms with Crippen molar-refractivity contribution in [1.29, 1.82) is 0 Å². The van der Waals surface area contributed by atoms with Gasteiger partial charge < -0.3 is 10.2 Å². The summed E-state index contributed by atoms with van der Waals surface area (Å²) in [5.41, 5.74) is 0. The van der Waals surface area contributed by atoms with Gasteiger partial charge in [-0.15, -0.1) is 0 Å². The Bertz CT molecular complexity index is 466. The average Bonchev–Trinajstić information content (AvgIpc) is 2.06. The van der Waals surface area contributed by atoms with Gasteiger partial charge in [0.25, 0.3) is 0 Å². The molecule has 0 bridgehead atoms. The summed E-state index contributed by atoms with van der Waals surface area (Å²) in [6.45, 7) is 0. The molecule has 13 heavy (non-hydrogen) atoms. The molecule has 0 heterocycles. The highest BCUT2D eigenvalue weighted by atomic mass is 19.1. The second-order valence-corrected chi connectivity index (χ2v) is 2.83.